The van der Waals surface area contributed by atoms with E-state index in [1.54, 1.807) is 19.1 Å². The number of hydrogen-bond acceptors (Lipinski definition) is 5. The van der Waals surface area contributed by atoms with Crippen LogP contribution in [0.25, 0.3) is 0 Å². The minimum Gasteiger partial charge on any atom is -0.497 e. The average Bonchev–Trinajstić information content (AvgIpc) is 3.24. The van der Waals surface area contributed by atoms with Gasteiger partial charge in [-0.1, -0.05) is 36.4 Å². The standard InChI is InChI=1S/C24H31N3O4/c1-30-19-10-11-20(22(15-19)31-2)21-9-6-13-26(21)17-24(29)27(14-12-23(25)28)16-18-7-4-3-5-8-18/h3-5,7-8,10-11,15,21H,6,9,12-14,16-17H2,1-2H3,(H2,25,28). The van der Waals surface area contributed by atoms with Crippen molar-refractivity contribution < 1.29 is 19.1 Å². The highest BCUT2D eigenvalue weighted by Gasteiger charge is 2.31. The lowest BCUT2D eigenvalue weighted by Gasteiger charge is -2.29. The van der Waals surface area contributed by atoms with Gasteiger partial charge in [0.05, 0.1) is 20.8 Å². The van der Waals surface area contributed by atoms with E-state index >= 15 is 0 Å². The van der Waals surface area contributed by atoms with Gasteiger partial charge in [0.2, 0.25) is 11.8 Å². The van der Waals surface area contributed by atoms with Crippen molar-refractivity contribution in [3.63, 3.8) is 0 Å². The van der Waals surface area contributed by atoms with E-state index in [9.17, 15) is 9.59 Å². The van der Waals surface area contributed by atoms with E-state index in [0.717, 1.165) is 42.0 Å². The molecule has 2 aromatic rings. The molecule has 0 radical (unpaired) electrons. The van der Waals surface area contributed by atoms with Crippen LogP contribution in [-0.2, 0) is 16.1 Å². The molecule has 1 fully saturated rings. The Hall–Kier alpha value is -3.06. The molecule has 0 bridgehead atoms. The number of hydrogen-bond donors (Lipinski definition) is 1. The van der Waals surface area contributed by atoms with Gasteiger partial charge < -0.3 is 20.1 Å². The first-order chi connectivity index (χ1) is 15.0. The maximum Gasteiger partial charge on any atom is 0.237 e. The monoisotopic (exact) mass is 425 g/mol. The first-order valence-electron chi connectivity index (χ1n) is 10.6. The van der Waals surface area contributed by atoms with E-state index in [-0.39, 0.29) is 24.9 Å². The van der Waals surface area contributed by atoms with Crippen LogP contribution in [0.5, 0.6) is 11.5 Å². The van der Waals surface area contributed by atoms with Gasteiger partial charge in [-0.15, -0.1) is 0 Å². The van der Waals surface area contributed by atoms with Gasteiger partial charge in [-0.2, -0.15) is 0 Å². The highest BCUT2D eigenvalue weighted by atomic mass is 16.5. The quantitative estimate of drug-likeness (QED) is 0.633. The molecular formula is C24H31N3O4. The molecule has 2 amide bonds. The van der Waals surface area contributed by atoms with Crippen LogP contribution in [0.2, 0.25) is 0 Å². The Kier molecular flexibility index (Phi) is 7.89. The zero-order chi connectivity index (χ0) is 22.2. The van der Waals surface area contributed by atoms with E-state index in [0.29, 0.717) is 13.1 Å². The summed E-state index contributed by atoms with van der Waals surface area (Å²) < 4.78 is 10.9. The fourth-order valence-electron chi connectivity index (χ4n) is 4.08. The third kappa shape index (κ3) is 5.98. The highest BCUT2D eigenvalue weighted by molar-refractivity contribution is 5.80. The summed E-state index contributed by atoms with van der Waals surface area (Å²) in [5, 5.41) is 0. The first kappa shape index (κ1) is 22.6. The molecule has 2 N–H and O–H groups in total. The summed E-state index contributed by atoms with van der Waals surface area (Å²) in [5.74, 6) is 1.08. The summed E-state index contributed by atoms with van der Waals surface area (Å²) in [6.45, 7) is 1.89. The highest BCUT2D eigenvalue weighted by Crippen LogP contribution is 2.38. The minimum absolute atomic E-state index is 0.00974. The van der Waals surface area contributed by atoms with Crippen LogP contribution in [0.15, 0.2) is 48.5 Å². The zero-order valence-electron chi connectivity index (χ0n) is 18.3. The van der Waals surface area contributed by atoms with Crippen molar-refractivity contribution in [3.05, 3.63) is 59.7 Å². The number of nitrogens with two attached hydrogens (primary N) is 1. The summed E-state index contributed by atoms with van der Waals surface area (Å²) >= 11 is 0. The predicted molar refractivity (Wildman–Crippen MR) is 119 cm³/mol. The third-order valence-corrected chi connectivity index (χ3v) is 5.70. The maximum atomic E-state index is 13.2. The fourth-order valence-corrected chi connectivity index (χ4v) is 4.08. The third-order valence-electron chi connectivity index (χ3n) is 5.70. The van der Waals surface area contributed by atoms with Crippen LogP contribution in [0, 0.1) is 0 Å². The van der Waals surface area contributed by atoms with E-state index in [1.165, 1.54) is 0 Å². The van der Waals surface area contributed by atoms with Gasteiger partial charge >= 0.3 is 0 Å². The largest absolute Gasteiger partial charge is 0.497 e. The van der Waals surface area contributed by atoms with Gasteiger partial charge in [0.15, 0.2) is 0 Å². The molecular weight excluding hydrogens is 394 g/mol. The first-order valence-corrected chi connectivity index (χ1v) is 10.6. The van der Waals surface area contributed by atoms with Crippen LogP contribution in [0.4, 0.5) is 0 Å². The number of amides is 2. The van der Waals surface area contributed by atoms with Crippen molar-refractivity contribution >= 4 is 11.8 Å². The van der Waals surface area contributed by atoms with E-state index in [2.05, 4.69) is 4.90 Å². The molecule has 1 saturated heterocycles. The van der Waals surface area contributed by atoms with Gasteiger partial charge in [-0.3, -0.25) is 14.5 Å². The molecule has 1 atom stereocenters. The molecule has 1 aliphatic rings. The fraction of sp³-hybridized carbons (Fsp3) is 0.417. The van der Waals surface area contributed by atoms with Crippen LogP contribution in [-0.4, -0.2) is 55.5 Å². The zero-order valence-corrected chi connectivity index (χ0v) is 18.3. The van der Waals surface area contributed by atoms with Crippen LogP contribution < -0.4 is 15.2 Å². The molecule has 1 unspecified atom stereocenters. The lowest BCUT2D eigenvalue weighted by atomic mass is 10.0. The number of ether oxygens (including phenoxy) is 2. The van der Waals surface area contributed by atoms with Crippen molar-refractivity contribution in [1.82, 2.24) is 9.80 Å². The number of methoxy groups -OCH3 is 2. The number of nitrogens with zero attached hydrogens (tertiary/aromatic N) is 2. The molecule has 166 valence electrons. The number of carbonyl (C=O) groups excluding carboxylic acids is 2. The number of primary amides is 1. The smallest absolute Gasteiger partial charge is 0.237 e. The summed E-state index contributed by atoms with van der Waals surface area (Å²) in [5.41, 5.74) is 7.42. The van der Waals surface area contributed by atoms with E-state index in [4.69, 9.17) is 15.2 Å². The van der Waals surface area contributed by atoms with Crippen molar-refractivity contribution in [2.45, 2.75) is 31.8 Å². The molecule has 0 saturated carbocycles. The summed E-state index contributed by atoms with van der Waals surface area (Å²) in [6, 6.07) is 15.7. The Labute approximate surface area is 183 Å². The molecule has 3 rings (SSSR count). The number of rotatable bonds is 10. The van der Waals surface area contributed by atoms with E-state index < -0.39 is 5.91 Å². The molecule has 7 heteroatoms. The van der Waals surface area contributed by atoms with Crippen LogP contribution >= 0.6 is 0 Å². The predicted octanol–water partition coefficient (Wildman–Crippen LogP) is 2.74. The van der Waals surface area contributed by atoms with Gasteiger partial charge in [-0.05, 0) is 31.0 Å². The second kappa shape index (κ2) is 10.8. The second-order valence-corrected chi connectivity index (χ2v) is 7.75. The van der Waals surface area contributed by atoms with Crippen LogP contribution in [0.1, 0.15) is 36.4 Å². The molecule has 1 aliphatic heterocycles. The Morgan fingerprint density at radius 3 is 2.58 bits per heavy atom. The lowest BCUT2D eigenvalue weighted by molar-refractivity contribution is -0.133. The Balaban J connectivity index is 1.74. The molecule has 0 aromatic heterocycles. The van der Waals surface area contributed by atoms with Gasteiger partial charge in [0.1, 0.15) is 11.5 Å². The summed E-state index contributed by atoms with van der Waals surface area (Å²) in [6.07, 6.45) is 2.11. The Morgan fingerprint density at radius 1 is 1.13 bits per heavy atom. The molecule has 2 aromatic carbocycles. The van der Waals surface area contributed by atoms with Gasteiger partial charge in [0, 0.05) is 37.2 Å². The van der Waals surface area contributed by atoms with Gasteiger partial charge in [0.25, 0.3) is 0 Å². The van der Waals surface area contributed by atoms with Crippen molar-refractivity contribution in [3.8, 4) is 11.5 Å². The normalized spacial score (nSPS) is 16.1. The van der Waals surface area contributed by atoms with Crippen LogP contribution in [0.3, 0.4) is 0 Å². The van der Waals surface area contributed by atoms with E-state index in [1.807, 2.05) is 48.5 Å². The lowest BCUT2D eigenvalue weighted by Crippen LogP contribution is -2.41. The number of likely N-dealkylation sites (tertiary alicyclic amines) is 1. The summed E-state index contributed by atoms with van der Waals surface area (Å²) in [4.78, 5) is 28.5. The second-order valence-electron chi connectivity index (χ2n) is 7.75. The van der Waals surface area contributed by atoms with Crippen molar-refractivity contribution in [1.29, 1.82) is 0 Å². The molecule has 0 spiro atoms. The molecule has 1 heterocycles. The Morgan fingerprint density at radius 2 is 1.90 bits per heavy atom. The number of benzene rings is 2. The maximum absolute atomic E-state index is 13.2. The Bertz CT molecular complexity index is 888. The molecule has 31 heavy (non-hydrogen) atoms. The molecule has 0 aliphatic carbocycles. The summed E-state index contributed by atoms with van der Waals surface area (Å²) in [7, 11) is 3.27. The van der Waals surface area contributed by atoms with Crippen molar-refractivity contribution in [2.75, 3.05) is 33.9 Å². The minimum atomic E-state index is -0.409. The van der Waals surface area contributed by atoms with Crippen molar-refractivity contribution in [2.24, 2.45) is 5.73 Å². The average molecular weight is 426 g/mol. The number of carbonyl (C=O) groups is 2. The molecule has 7 nitrogen and oxygen atoms in total. The SMILES string of the molecule is COc1ccc(C2CCCN2CC(=O)N(CCC(N)=O)Cc2ccccc2)c(OC)c1. The van der Waals surface area contributed by atoms with Gasteiger partial charge in [-0.25, -0.2) is 0 Å². The topological polar surface area (TPSA) is 85.1 Å².